The van der Waals surface area contributed by atoms with Gasteiger partial charge >= 0.3 is 0 Å². The van der Waals surface area contributed by atoms with Crippen LogP contribution in [-0.4, -0.2) is 10.1 Å². The maximum atomic E-state index is 6.47. The average Bonchev–Trinajstić information content (AvgIpc) is 2.78. The molecule has 18 heavy (non-hydrogen) atoms. The standard InChI is InChI=1S/C14H23N3O/c1-2-10-6-8-14(15,9-7-10)13-16-12(17-18-13)11-4-3-5-11/h10-11H,2-9,15H2,1H3. The number of rotatable bonds is 3. The summed E-state index contributed by atoms with van der Waals surface area (Å²) in [4.78, 5) is 4.58. The van der Waals surface area contributed by atoms with Gasteiger partial charge in [0, 0.05) is 5.92 Å². The maximum absolute atomic E-state index is 6.47. The monoisotopic (exact) mass is 249 g/mol. The molecule has 0 saturated heterocycles. The molecule has 0 amide bonds. The molecule has 2 aliphatic rings. The van der Waals surface area contributed by atoms with E-state index in [0.717, 1.165) is 24.6 Å². The van der Waals surface area contributed by atoms with Crippen molar-refractivity contribution in [3.05, 3.63) is 11.7 Å². The van der Waals surface area contributed by atoms with E-state index in [4.69, 9.17) is 10.3 Å². The first-order valence-electron chi connectivity index (χ1n) is 7.34. The quantitative estimate of drug-likeness (QED) is 0.894. The third-order valence-corrected chi connectivity index (χ3v) is 4.91. The molecule has 0 aromatic carbocycles. The van der Waals surface area contributed by atoms with Crippen molar-refractivity contribution in [1.82, 2.24) is 10.1 Å². The summed E-state index contributed by atoms with van der Waals surface area (Å²) in [7, 11) is 0. The van der Waals surface area contributed by atoms with E-state index in [1.807, 2.05) is 0 Å². The first kappa shape index (κ1) is 12.2. The van der Waals surface area contributed by atoms with Gasteiger partial charge in [0.1, 0.15) is 0 Å². The first-order chi connectivity index (χ1) is 8.71. The fraction of sp³-hybridized carbons (Fsp3) is 0.857. The Bertz CT molecular complexity index is 403. The average molecular weight is 249 g/mol. The second-order valence-electron chi connectivity index (χ2n) is 6.09. The van der Waals surface area contributed by atoms with Crippen molar-refractivity contribution < 1.29 is 4.52 Å². The number of hydrogen-bond donors (Lipinski definition) is 1. The molecule has 4 heteroatoms. The molecule has 4 nitrogen and oxygen atoms in total. The first-order valence-corrected chi connectivity index (χ1v) is 7.34. The number of aromatic nitrogens is 2. The van der Waals surface area contributed by atoms with Gasteiger partial charge in [0.05, 0.1) is 5.54 Å². The van der Waals surface area contributed by atoms with Crippen LogP contribution in [-0.2, 0) is 5.54 Å². The summed E-state index contributed by atoms with van der Waals surface area (Å²) in [6.45, 7) is 2.26. The van der Waals surface area contributed by atoms with E-state index >= 15 is 0 Å². The van der Waals surface area contributed by atoms with Crippen molar-refractivity contribution in [2.45, 2.75) is 69.7 Å². The minimum Gasteiger partial charge on any atom is -0.337 e. The molecule has 1 heterocycles. The summed E-state index contributed by atoms with van der Waals surface area (Å²) in [5.74, 6) is 2.92. The van der Waals surface area contributed by atoms with Crippen molar-refractivity contribution in [2.24, 2.45) is 11.7 Å². The van der Waals surface area contributed by atoms with E-state index in [9.17, 15) is 0 Å². The molecule has 0 unspecified atom stereocenters. The van der Waals surface area contributed by atoms with Crippen LogP contribution in [0.5, 0.6) is 0 Å². The van der Waals surface area contributed by atoms with Crippen LogP contribution in [0.25, 0.3) is 0 Å². The zero-order valence-corrected chi connectivity index (χ0v) is 11.2. The van der Waals surface area contributed by atoms with Gasteiger partial charge in [0.25, 0.3) is 0 Å². The summed E-state index contributed by atoms with van der Waals surface area (Å²) < 4.78 is 5.45. The second-order valence-corrected chi connectivity index (χ2v) is 6.09. The summed E-state index contributed by atoms with van der Waals surface area (Å²) >= 11 is 0. The SMILES string of the molecule is CCC1CCC(N)(c2nc(C3CCC3)no2)CC1. The van der Waals surface area contributed by atoms with Crippen LogP contribution in [0.3, 0.4) is 0 Å². The van der Waals surface area contributed by atoms with Crippen LogP contribution in [0.15, 0.2) is 4.52 Å². The summed E-state index contributed by atoms with van der Waals surface area (Å²) in [5, 5.41) is 4.13. The van der Waals surface area contributed by atoms with Gasteiger partial charge in [0.15, 0.2) is 5.82 Å². The molecule has 2 N–H and O–H groups in total. The molecule has 0 aliphatic heterocycles. The maximum Gasteiger partial charge on any atom is 0.246 e. The van der Waals surface area contributed by atoms with Gasteiger partial charge in [-0.25, -0.2) is 0 Å². The Morgan fingerprint density at radius 3 is 2.56 bits per heavy atom. The van der Waals surface area contributed by atoms with E-state index in [2.05, 4.69) is 17.1 Å². The smallest absolute Gasteiger partial charge is 0.246 e. The van der Waals surface area contributed by atoms with Crippen molar-refractivity contribution in [1.29, 1.82) is 0 Å². The van der Waals surface area contributed by atoms with Gasteiger partial charge in [-0.2, -0.15) is 4.98 Å². The molecule has 1 aromatic heterocycles. The Labute approximate surface area is 108 Å². The van der Waals surface area contributed by atoms with E-state index < -0.39 is 0 Å². The lowest BCUT2D eigenvalue weighted by Crippen LogP contribution is -2.40. The van der Waals surface area contributed by atoms with Crippen molar-refractivity contribution >= 4 is 0 Å². The minimum absolute atomic E-state index is 0.360. The third-order valence-electron chi connectivity index (χ3n) is 4.91. The Balaban J connectivity index is 1.71. The molecule has 2 aliphatic carbocycles. The number of nitrogens with two attached hydrogens (primary N) is 1. The highest BCUT2D eigenvalue weighted by Crippen LogP contribution is 2.40. The molecular weight excluding hydrogens is 226 g/mol. The molecule has 1 aromatic rings. The minimum atomic E-state index is -0.360. The lowest BCUT2D eigenvalue weighted by Gasteiger charge is -2.33. The molecule has 2 fully saturated rings. The molecule has 0 spiro atoms. The van der Waals surface area contributed by atoms with Crippen LogP contribution >= 0.6 is 0 Å². The predicted molar refractivity (Wildman–Crippen MR) is 69.0 cm³/mol. The summed E-state index contributed by atoms with van der Waals surface area (Å²) in [6.07, 6.45) is 9.30. The van der Waals surface area contributed by atoms with E-state index in [1.54, 1.807) is 0 Å². The second kappa shape index (κ2) is 4.65. The third kappa shape index (κ3) is 2.07. The van der Waals surface area contributed by atoms with Crippen LogP contribution < -0.4 is 5.73 Å². The molecule has 0 atom stereocenters. The highest BCUT2D eigenvalue weighted by Gasteiger charge is 2.38. The largest absolute Gasteiger partial charge is 0.337 e. The van der Waals surface area contributed by atoms with Gasteiger partial charge in [-0.15, -0.1) is 0 Å². The predicted octanol–water partition coefficient (Wildman–Crippen LogP) is 3.09. The highest BCUT2D eigenvalue weighted by atomic mass is 16.5. The Kier molecular flexibility index (Phi) is 3.14. The Morgan fingerprint density at radius 2 is 2.00 bits per heavy atom. The zero-order valence-electron chi connectivity index (χ0n) is 11.2. The van der Waals surface area contributed by atoms with Crippen LogP contribution in [0.1, 0.15) is 75.9 Å². The fourth-order valence-corrected chi connectivity index (χ4v) is 3.08. The van der Waals surface area contributed by atoms with E-state index in [-0.39, 0.29) is 5.54 Å². The van der Waals surface area contributed by atoms with Crippen LogP contribution in [0.4, 0.5) is 0 Å². The molecule has 2 saturated carbocycles. The number of nitrogens with zero attached hydrogens (tertiary/aromatic N) is 2. The van der Waals surface area contributed by atoms with Crippen LogP contribution in [0.2, 0.25) is 0 Å². The van der Waals surface area contributed by atoms with Crippen molar-refractivity contribution in [2.75, 3.05) is 0 Å². The van der Waals surface area contributed by atoms with Crippen molar-refractivity contribution in [3.63, 3.8) is 0 Å². The lowest BCUT2D eigenvalue weighted by atomic mass is 9.76. The number of hydrogen-bond acceptors (Lipinski definition) is 4. The molecule has 0 radical (unpaired) electrons. The normalized spacial score (nSPS) is 33.3. The zero-order chi connectivity index (χ0) is 12.6. The molecular formula is C14H23N3O. The van der Waals surface area contributed by atoms with Crippen LogP contribution in [0, 0.1) is 5.92 Å². The van der Waals surface area contributed by atoms with Gasteiger partial charge in [-0.1, -0.05) is 24.9 Å². The molecule has 0 bridgehead atoms. The van der Waals surface area contributed by atoms with Gasteiger partial charge in [0.2, 0.25) is 5.89 Å². The molecule has 100 valence electrons. The highest BCUT2D eigenvalue weighted by molar-refractivity contribution is 5.07. The molecule has 3 rings (SSSR count). The summed E-state index contributed by atoms with van der Waals surface area (Å²) in [6, 6.07) is 0. The Morgan fingerprint density at radius 1 is 1.28 bits per heavy atom. The van der Waals surface area contributed by atoms with E-state index in [1.165, 1.54) is 38.5 Å². The van der Waals surface area contributed by atoms with E-state index in [0.29, 0.717) is 11.8 Å². The Hall–Kier alpha value is -0.900. The van der Waals surface area contributed by atoms with Gasteiger partial charge < -0.3 is 10.3 Å². The lowest BCUT2D eigenvalue weighted by molar-refractivity contribution is 0.181. The summed E-state index contributed by atoms with van der Waals surface area (Å²) in [5.41, 5.74) is 6.11. The van der Waals surface area contributed by atoms with Crippen molar-refractivity contribution in [3.8, 4) is 0 Å². The topological polar surface area (TPSA) is 64.9 Å². The van der Waals surface area contributed by atoms with Gasteiger partial charge in [-0.05, 0) is 44.4 Å². The van der Waals surface area contributed by atoms with Gasteiger partial charge in [-0.3, -0.25) is 0 Å². The fourth-order valence-electron chi connectivity index (χ4n) is 3.08.